The molecule has 3 heterocycles. The van der Waals surface area contributed by atoms with Crippen molar-refractivity contribution in [3.05, 3.63) is 95.6 Å². The van der Waals surface area contributed by atoms with Gasteiger partial charge in [0.25, 0.3) is 5.91 Å². The van der Waals surface area contributed by atoms with Gasteiger partial charge >= 0.3 is 6.09 Å². The lowest BCUT2D eigenvalue weighted by molar-refractivity contribution is -0.150. The van der Waals surface area contributed by atoms with Crippen LogP contribution in [-0.4, -0.2) is 68.7 Å². The number of rotatable bonds is 10. The van der Waals surface area contributed by atoms with Gasteiger partial charge in [0.1, 0.15) is 6.61 Å². The molecule has 0 aromatic heterocycles. The smallest absolute Gasteiger partial charge is 0.414 e. The fourth-order valence-electron chi connectivity index (χ4n) is 7.47. The number of anilines is 2. The van der Waals surface area contributed by atoms with E-state index in [1.165, 1.54) is 4.90 Å². The summed E-state index contributed by atoms with van der Waals surface area (Å²) in [6.07, 6.45) is -1.48. The Balaban J connectivity index is 1.40. The van der Waals surface area contributed by atoms with Gasteiger partial charge in [-0.2, -0.15) is 0 Å². The highest BCUT2D eigenvalue weighted by molar-refractivity contribution is 6.72. The van der Waals surface area contributed by atoms with Gasteiger partial charge in [-0.15, -0.1) is 0 Å². The molecule has 3 aromatic rings. The molecule has 3 aliphatic rings. The topological polar surface area (TPSA) is 99.6 Å². The van der Waals surface area contributed by atoms with Gasteiger partial charge in [-0.05, 0) is 42.4 Å². The van der Waals surface area contributed by atoms with Gasteiger partial charge in [0.2, 0.25) is 14.3 Å². The standard InChI is InChI=1S/C35H40FN3O6Si/c1-24-32(46(2,3)36)30(21-31(41)37(16-18-40)22-25-10-6-4-7-11-25)45-35(24)28-20-27(38-17-19-44-34(38)43)14-15-29(28)39(33(35)42)23-26-12-8-5-9-13-26/h4-15,20,24,30,32,40H,16-19,21-23H2,1-3H3/t24-,30+,32-,35+/m1/s1. The van der Waals surface area contributed by atoms with Crippen molar-refractivity contribution in [2.45, 2.75) is 56.8 Å². The summed E-state index contributed by atoms with van der Waals surface area (Å²) < 4.78 is 28.4. The number of nitrogens with zero attached hydrogens (tertiary/aromatic N) is 3. The molecule has 3 aromatic carbocycles. The predicted molar refractivity (Wildman–Crippen MR) is 174 cm³/mol. The summed E-state index contributed by atoms with van der Waals surface area (Å²) in [5.74, 6) is -1.20. The van der Waals surface area contributed by atoms with Crippen molar-refractivity contribution in [1.29, 1.82) is 0 Å². The van der Waals surface area contributed by atoms with Crippen LogP contribution in [0.4, 0.5) is 20.3 Å². The van der Waals surface area contributed by atoms with Crippen molar-refractivity contribution >= 4 is 37.7 Å². The van der Waals surface area contributed by atoms with Crippen LogP contribution < -0.4 is 9.80 Å². The molecule has 9 nitrogen and oxygen atoms in total. The summed E-state index contributed by atoms with van der Waals surface area (Å²) in [5.41, 5.74) is 1.34. The number of ether oxygens (including phenoxy) is 2. The van der Waals surface area contributed by atoms with Gasteiger partial charge in [0, 0.05) is 35.8 Å². The van der Waals surface area contributed by atoms with Crippen LogP contribution in [0.25, 0.3) is 0 Å². The van der Waals surface area contributed by atoms with Crippen LogP contribution in [-0.2, 0) is 37.8 Å². The zero-order chi connectivity index (χ0) is 32.6. The van der Waals surface area contributed by atoms with Crippen molar-refractivity contribution in [1.82, 2.24) is 4.90 Å². The van der Waals surface area contributed by atoms with E-state index in [0.29, 0.717) is 23.5 Å². The number of benzene rings is 3. The van der Waals surface area contributed by atoms with Crippen molar-refractivity contribution in [2.24, 2.45) is 5.92 Å². The molecule has 46 heavy (non-hydrogen) atoms. The average molecular weight is 646 g/mol. The maximum atomic E-state index is 16.4. The highest BCUT2D eigenvalue weighted by Crippen LogP contribution is 2.60. The van der Waals surface area contributed by atoms with E-state index in [-0.39, 0.29) is 51.1 Å². The minimum Gasteiger partial charge on any atom is -0.447 e. The van der Waals surface area contributed by atoms with Crippen molar-refractivity contribution < 1.29 is 33.1 Å². The van der Waals surface area contributed by atoms with Crippen LogP contribution >= 0.6 is 0 Å². The highest BCUT2D eigenvalue weighted by atomic mass is 28.4. The number of fused-ring (bicyclic) bond motifs is 2. The average Bonchev–Trinajstić information content (AvgIpc) is 3.66. The Bertz CT molecular complexity index is 1600. The molecular weight excluding hydrogens is 605 g/mol. The fourth-order valence-corrected chi connectivity index (χ4v) is 9.97. The largest absolute Gasteiger partial charge is 0.447 e. The van der Waals surface area contributed by atoms with Crippen LogP contribution in [0.3, 0.4) is 0 Å². The van der Waals surface area contributed by atoms with E-state index in [4.69, 9.17) is 9.47 Å². The molecule has 4 atom stereocenters. The lowest BCUT2D eigenvalue weighted by atomic mass is 9.82. The molecule has 242 valence electrons. The number of aliphatic hydroxyl groups is 1. The minimum absolute atomic E-state index is 0.115. The molecule has 0 saturated carbocycles. The molecule has 0 radical (unpaired) electrons. The normalized spacial score (nSPS) is 24.1. The lowest BCUT2D eigenvalue weighted by Crippen LogP contribution is -2.45. The Hall–Kier alpha value is -4.06. The third kappa shape index (κ3) is 5.71. The molecule has 3 aliphatic heterocycles. The number of amides is 3. The third-order valence-electron chi connectivity index (χ3n) is 9.51. The van der Waals surface area contributed by atoms with Gasteiger partial charge in [-0.1, -0.05) is 67.6 Å². The number of hydrogen-bond acceptors (Lipinski definition) is 6. The monoisotopic (exact) mass is 645 g/mol. The molecule has 0 aliphatic carbocycles. The molecule has 1 spiro atoms. The van der Waals surface area contributed by atoms with Crippen molar-refractivity contribution in [2.75, 3.05) is 36.1 Å². The van der Waals surface area contributed by atoms with Crippen LogP contribution in [0.5, 0.6) is 0 Å². The molecular formula is C35H40FN3O6Si. The Morgan fingerprint density at radius 3 is 2.33 bits per heavy atom. The molecule has 0 bridgehead atoms. The molecule has 6 rings (SSSR count). The second-order valence-electron chi connectivity index (χ2n) is 12.8. The van der Waals surface area contributed by atoms with Gasteiger partial charge in [0.15, 0.2) is 5.60 Å². The van der Waals surface area contributed by atoms with Gasteiger partial charge in [-0.3, -0.25) is 14.5 Å². The minimum atomic E-state index is -3.54. The van der Waals surface area contributed by atoms with Crippen molar-refractivity contribution in [3.8, 4) is 0 Å². The molecule has 1 N–H and O–H groups in total. The summed E-state index contributed by atoms with van der Waals surface area (Å²) in [6.45, 7) is 6.14. The number of carbonyl (C=O) groups is 3. The number of aliphatic hydroxyl groups excluding tert-OH is 1. The Morgan fingerprint density at radius 1 is 1.04 bits per heavy atom. The van der Waals surface area contributed by atoms with E-state index < -0.39 is 37.7 Å². The molecule has 2 fully saturated rings. The van der Waals surface area contributed by atoms with E-state index in [1.807, 2.05) is 73.7 Å². The third-order valence-corrected chi connectivity index (χ3v) is 12.0. The molecule has 2 saturated heterocycles. The zero-order valence-corrected chi connectivity index (χ0v) is 27.4. The fraction of sp³-hybridized carbons (Fsp3) is 0.400. The SMILES string of the molecule is C[C@@H]1[C@@H]([Si](C)(C)F)[C@H](CC(=O)N(CCO)Cc2ccccc2)O[C@@]12C(=O)N(Cc1ccccc1)c1ccc(N3CCOC3=O)cc12. The number of halogens is 1. The first-order chi connectivity index (χ1) is 22.0. The summed E-state index contributed by atoms with van der Waals surface area (Å²) in [4.78, 5) is 45.9. The first kappa shape index (κ1) is 31.9. The van der Waals surface area contributed by atoms with Crippen LogP contribution in [0.2, 0.25) is 18.6 Å². The van der Waals surface area contributed by atoms with E-state index in [2.05, 4.69) is 0 Å². The van der Waals surface area contributed by atoms with E-state index in [9.17, 15) is 19.5 Å². The molecule has 3 amide bonds. The molecule has 11 heteroatoms. The van der Waals surface area contributed by atoms with E-state index >= 15 is 4.11 Å². The number of cyclic esters (lactones) is 1. The van der Waals surface area contributed by atoms with Gasteiger partial charge in [0.05, 0.1) is 37.9 Å². The van der Waals surface area contributed by atoms with Gasteiger partial charge in [-0.25, -0.2) is 4.79 Å². The summed E-state index contributed by atoms with van der Waals surface area (Å²) in [5, 5.41) is 9.78. The van der Waals surface area contributed by atoms with Crippen molar-refractivity contribution in [3.63, 3.8) is 0 Å². The summed E-state index contributed by atoms with van der Waals surface area (Å²) in [7, 11) is -3.54. The number of carbonyl (C=O) groups excluding carboxylic acids is 3. The predicted octanol–water partition coefficient (Wildman–Crippen LogP) is 5.38. The van der Waals surface area contributed by atoms with Crippen LogP contribution in [0.15, 0.2) is 78.9 Å². The summed E-state index contributed by atoms with van der Waals surface area (Å²) >= 11 is 0. The maximum absolute atomic E-state index is 16.4. The zero-order valence-electron chi connectivity index (χ0n) is 26.4. The van der Waals surface area contributed by atoms with Crippen LogP contribution in [0.1, 0.15) is 30.0 Å². The first-order valence-corrected chi connectivity index (χ1v) is 18.7. The van der Waals surface area contributed by atoms with E-state index in [0.717, 1.165) is 11.1 Å². The maximum Gasteiger partial charge on any atom is 0.414 e. The lowest BCUT2D eigenvalue weighted by Gasteiger charge is -2.31. The second-order valence-corrected chi connectivity index (χ2v) is 16.6. The van der Waals surface area contributed by atoms with Crippen LogP contribution in [0, 0.1) is 5.92 Å². The Kier molecular flexibility index (Phi) is 8.75. The molecule has 0 unspecified atom stereocenters. The number of hydrogen-bond donors (Lipinski definition) is 1. The second kappa shape index (κ2) is 12.6. The van der Waals surface area contributed by atoms with Gasteiger partial charge < -0.3 is 28.5 Å². The summed E-state index contributed by atoms with van der Waals surface area (Å²) in [6, 6.07) is 24.5. The highest BCUT2D eigenvalue weighted by Gasteiger charge is 2.67. The Labute approximate surface area is 269 Å². The quantitative estimate of drug-likeness (QED) is 0.235. The Morgan fingerprint density at radius 2 is 1.72 bits per heavy atom. The first-order valence-electron chi connectivity index (χ1n) is 15.8. The van der Waals surface area contributed by atoms with E-state index in [1.54, 1.807) is 35.0 Å².